The Labute approximate surface area is 126 Å². The van der Waals surface area contributed by atoms with Crippen LogP contribution < -0.4 is 14.8 Å². The zero-order valence-corrected chi connectivity index (χ0v) is 12.9. The van der Waals surface area contributed by atoms with Crippen molar-refractivity contribution in [1.82, 2.24) is 5.32 Å². The van der Waals surface area contributed by atoms with E-state index in [1.165, 1.54) is 0 Å². The van der Waals surface area contributed by atoms with Crippen LogP contribution in [0.25, 0.3) is 0 Å². The van der Waals surface area contributed by atoms with Gasteiger partial charge in [0, 0.05) is 13.0 Å². The Morgan fingerprint density at radius 3 is 2.67 bits per heavy atom. The lowest BCUT2D eigenvalue weighted by Gasteiger charge is -2.18. The van der Waals surface area contributed by atoms with Crippen LogP contribution in [0, 0.1) is 0 Å². The lowest BCUT2D eigenvalue weighted by molar-refractivity contribution is 0.0441. The van der Waals surface area contributed by atoms with Gasteiger partial charge in [0.1, 0.15) is 0 Å². The molecule has 1 atom stereocenters. The lowest BCUT2D eigenvalue weighted by Crippen LogP contribution is -2.22. The van der Waals surface area contributed by atoms with Crippen molar-refractivity contribution >= 4 is 0 Å². The molecule has 1 aromatic rings. The predicted octanol–water partition coefficient (Wildman–Crippen LogP) is 2.16. The van der Waals surface area contributed by atoms with E-state index in [1.807, 2.05) is 26.1 Å². The Hall–Kier alpha value is -1.30. The molecule has 0 aliphatic carbocycles. The number of rotatable bonds is 8. The molecule has 1 heterocycles. The molecule has 1 N–H and O–H groups in total. The fourth-order valence-corrected chi connectivity index (χ4v) is 2.21. The third-order valence-corrected chi connectivity index (χ3v) is 3.38. The maximum absolute atomic E-state index is 5.73. The summed E-state index contributed by atoms with van der Waals surface area (Å²) in [7, 11) is 1.93. The molecule has 1 aliphatic rings. The van der Waals surface area contributed by atoms with Crippen LogP contribution in [0.15, 0.2) is 18.2 Å². The summed E-state index contributed by atoms with van der Waals surface area (Å²) in [5.41, 5.74) is 1.14. The van der Waals surface area contributed by atoms with E-state index in [0.717, 1.165) is 30.1 Å². The van der Waals surface area contributed by atoms with Crippen molar-refractivity contribution in [3.8, 4) is 11.5 Å². The van der Waals surface area contributed by atoms with Crippen molar-refractivity contribution in [2.24, 2.45) is 0 Å². The fraction of sp³-hybridized carbons (Fsp3) is 0.625. The molecule has 1 aromatic carbocycles. The summed E-state index contributed by atoms with van der Waals surface area (Å²) < 4.78 is 22.3. The van der Waals surface area contributed by atoms with E-state index in [-0.39, 0.29) is 6.04 Å². The van der Waals surface area contributed by atoms with Crippen LogP contribution in [0.2, 0.25) is 0 Å². The molecule has 0 bridgehead atoms. The van der Waals surface area contributed by atoms with E-state index in [9.17, 15) is 0 Å². The number of benzene rings is 1. The van der Waals surface area contributed by atoms with Crippen LogP contribution in [0.5, 0.6) is 11.5 Å². The van der Waals surface area contributed by atoms with Crippen molar-refractivity contribution in [3.63, 3.8) is 0 Å². The molecule has 2 rings (SSSR count). The number of hydrogen-bond donors (Lipinski definition) is 1. The summed E-state index contributed by atoms with van der Waals surface area (Å²) in [6.07, 6.45) is 0.917. The normalized spacial score (nSPS) is 15.5. The van der Waals surface area contributed by atoms with Gasteiger partial charge in [-0.2, -0.15) is 0 Å². The maximum Gasteiger partial charge on any atom is 0.161 e. The number of fused-ring (bicyclic) bond motifs is 1. The summed E-state index contributed by atoms with van der Waals surface area (Å²) in [5, 5.41) is 3.27. The van der Waals surface area contributed by atoms with Crippen molar-refractivity contribution < 1.29 is 18.9 Å². The molecule has 5 heteroatoms. The van der Waals surface area contributed by atoms with E-state index in [1.54, 1.807) is 0 Å². The minimum absolute atomic E-state index is 0.128. The van der Waals surface area contributed by atoms with Crippen LogP contribution in [-0.2, 0) is 9.47 Å². The molecule has 0 spiro atoms. The summed E-state index contributed by atoms with van der Waals surface area (Å²) in [5.74, 6) is 1.64. The second-order valence-corrected chi connectivity index (χ2v) is 4.87. The van der Waals surface area contributed by atoms with E-state index < -0.39 is 0 Å². The average Bonchev–Trinajstić information content (AvgIpc) is 2.75. The van der Waals surface area contributed by atoms with E-state index in [4.69, 9.17) is 18.9 Å². The molecule has 0 saturated heterocycles. The summed E-state index contributed by atoms with van der Waals surface area (Å²) in [4.78, 5) is 0. The van der Waals surface area contributed by atoms with Gasteiger partial charge in [-0.15, -0.1) is 0 Å². The maximum atomic E-state index is 5.73. The monoisotopic (exact) mass is 295 g/mol. The minimum atomic E-state index is 0.128. The number of ether oxygens (including phenoxy) is 4. The summed E-state index contributed by atoms with van der Waals surface area (Å²) in [6, 6.07) is 6.19. The van der Waals surface area contributed by atoms with Gasteiger partial charge in [-0.05, 0) is 31.7 Å². The largest absolute Gasteiger partial charge is 0.490 e. The molecule has 1 unspecified atom stereocenters. The second-order valence-electron chi connectivity index (χ2n) is 4.87. The second kappa shape index (κ2) is 8.87. The first-order valence-corrected chi connectivity index (χ1v) is 7.57. The molecule has 5 nitrogen and oxygen atoms in total. The third-order valence-electron chi connectivity index (χ3n) is 3.38. The predicted molar refractivity (Wildman–Crippen MR) is 81.2 cm³/mol. The first-order chi connectivity index (χ1) is 10.3. The molecular weight excluding hydrogens is 270 g/mol. The molecule has 0 amide bonds. The Morgan fingerprint density at radius 2 is 1.90 bits per heavy atom. The van der Waals surface area contributed by atoms with Crippen molar-refractivity contribution in [1.29, 1.82) is 0 Å². The van der Waals surface area contributed by atoms with Crippen molar-refractivity contribution in [3.05, 3.63) is 23.8 Å². The molecule has 118 valence electrons. The number of nitrogens with one attached hydrogen (secondary N) is 1. The first kappa shape index (κ1) is 16.1. The Morgan fingerprint density at radius 1 is 1.14 bits per heavy atom. The summed E-state index contributed by atoms with van der Waals surface area (Å²) in [6.45, 7) is 5.96. The van der Waals surface area contributed by atoms with E-state index in [2.05, 4.69) is 11.4 Å². The zero-order chi connectivity index (χ0) is 14.9. The zero-order valence-electron chi connectivity index (χ0n) is 12.9. The van der Waals surface area contributed by atoms with Gasteiger partial charge in [0.05, 0.1) is 39.1 Å². The van der Waals surface area contributed by atoms with Crippen LogP contribution in [0.4, 0.5) is 0 Å². The average molecular weight is 295 g/mol. The van der Waals surface area contributed by atoms with Gasteiger partial charge in [0.15, 0.2) is 11.5 Å². The van der Waals surface area contributed by atoms with Gasteiger partial charge in [0.2, 0.25) is 0 Å². The SMILES string of the molecule is CCOCCOCC(NC)c1ccc2c(c1)OCCCO2. The van der Waals surface area contributed by atoms with Crippen LogP contribution >= 0.6 is 0 Å². The Kier molecular flexibility index (Phi) is 6.79. The van der Waals surface area contributed by atoms with Crippen LogP contribution in [0.3, 0.4) is 0 Å². The topological polar surface area (TPSA) is 49.0 Å². The van der Waals surface area contributed by atoms with E-state index in [0.29, 0.717) is 33.0 Å². The van der Waals surface area contributed by atoms with Gasteiger partial charge < -0.3 is 24.3 Å². The Balaban J connectivity index is 1.93. The number of hydrogen-bond acceptors (Lipinski definition) is 5. The summed E-state index contributed by atoms with van der Waals surface area (Å²) >= 11 is 0. The molecule has 0 aromatic heterocycles. The van der Waals surface area contributed by atoms with Gasteiger partial charge in [0.25, 0.3) is 0 Å². The van der Waals surface area contributed by atoms with Gasteiger partial charge in [-0.1, -0.05) is 6.07 Å². The third kappa shape index (κ3) is 4.88. The first-order valence-electron chi connectivity index (χ1n) is 7.57. The molecule has 0 radical (unpaired) electrons. The van der Waals surface area contributed by atoms with Gasteiger partial charge in [-0.25, -0.2) is 0 Å². The highest BCUT2D eigenvalue weighted by atomic mass is 16.5. The minimum Gasteiger partial charge on any atom is -0.490 e. The Bertz CT molecular complexity index is 425. The van der Waals surface area contributed by atoms with Crippen molar-refractivity contribution in [2.75, 3.05) is 46.7 Å². The highest BCUT2D eigenvalue weighted by molar-refractivity contribution is 5.44. The van der Waals surface area contributed by atoms with Gasteiger partial charge in [-0.3, -0.25) is 0 Å². The smallest absolute Gasteiger partial charge is 0.161 e. The standard InChI is InChI=1S/C16H25NO4/c1-3-18-9-10-19-12-14(17-2)13-5-6-15-16(11-13)21-8-4-7-20-15/h5-6,11,14,17H,3-4,7-10,12H2,1-2H3. The molecule has 0 fully saturated rings. The number of likely N-dealkylation sites (N-methyl/N-ethyl adjacent to an activating group) is 1. The molecule has 1 aliphatic heterocycles. The highest BCUT2D eigenvalue weighted by Gasteiger charge is 2.15. The fourth-order valence-electron chi connectivity index (χ4n) is 2.21. The van der Waals surface area contributed by atoms with E-state index >= 15 is 0 Å². The van der Waals surface area contributed by atoms with Crippen LogP contribution in [-0.4, -0.2) is 46.7 Å². The molecule has 21 heavy (non-hydrogen) atoms. The molecule has 0 saturated carbocycles. The van der Waals surface area contributed by atoms with Crippen LogP contribution in [0.1, 0.15) is 24.9 Å². The molecular formula is C16H25NO4. The van der Waals surface area contributed by atoms with Crippen molar-refractivity contribution in [2.45, 2.75) is 19.4 Å². The highest BCUT2D eigenvalue weighted by Crippen LogP contribution is 2.32. The lowest BCUT2D eigenvalue weighted by atomic mass is 10.1. The quantitative estimate of drug-likeness (QED) is 0.745. The van der Waals surface area contributed by atoms with Gasteiger partial charge >= 0.3 is 0 Å².